The summed E-state index contributed by atoms with van der Waals surface area (Å²) in [5, 5.41) is 0. The van der Waals surface area contributed by atoms with Crippen LogP contribution in [0.2, 0.25) is 0 Å². The molecule has 0 spiro atoms. The van der Waals surface area contributed by atoms with Crippen molar-refractivity contribution in [3.63, 3.8) is 0 Å². The van der Waals surface area contributed by atoms with Crippen LogP contribution in [0, 0.1) is 0 Å². The molecule has 0 unspecified atom stereocenters. The highest BCUT2D eigenvalue weighted by atomic mass is 16.5. The van der Waals surface area contributed by atoms with Gasteiger partial charge in [-0.3, -0.25) is 9.78 Å². The summed E-state index contributed by atoms with van der Waals surface area (Å²) in [6.45, 7) is 0. The first-order chi connectivity index (χ1) is 16.6. The molecule has 3 heterocycles. The van der Waals surface area contributed by atoms with Gasteiger partial charge in [-0.2, -0.15) is 0 Å². The molecule has 2 aromatic carbocycles. The van der Waals surface area contributed by atoms with Crippen molar-refractivity contribution in [2.75, 3.05) is 14.1 Å². The van der Waals surface area contributed by atoms with Gasteiger partial charge < -0.3 is 19.4 Å². The molecular formula is C26H21N5O3. The Balaban J connectivity index is 1.52. The standard InChI is InChI=1S/C26H21N5O3/c1-31(2)26(32)17-9-11-18(12-10-17)33-22-15-20-21(16-23(22)34-24-8-4-6-14-28-24)30-25(29-20)19-7-3-5-13-27-19/h3-16H,1-2H3,(H,29,30). The first-order valence-corrected chi connectivity index (χ1v) is 10.6. The maximum absolute atomic E-state index is 12.2. The van der Waals surface area contributed by atoms with Crippen LogP contribution in [0.25, 0.3) is 22.6 Å². The number of rotatable bonds is 6. The highest BCUT2D eigenvalue weighted by Gasteiger charge is 2.15. The van der Waals surface area contributed by atoms with Crippen molar-refractivity contribution < 1.29 is 14.3 Å². The maximum atomic E-state index is 12.2. The summed E-state index contributed by atoms with van der Waals surface area (Å²) in [6.07, 6.45) is 3.37. The van der Waals surface area contributed by atoms with E-state index < -0.39 is 0 Å². The van der Waals surface area contributed by atoms with E-state index in [4.69, 9.17) is 9.47 Å². The van der Waals surface area contributed by atoms with Gasteiger partial charge in [0.15, 0.2) is 17.3 Å². The molecule has 0 aliphatic rings. The van der Waals surface area contributed by atoms with Gasteiger partial charge in [0.05, 0.1) is 11.0 Å². The van der Waals surface area contributed by atoms with E-state index in [2.05, 4.69) is 19.9 Å². The summed E-state index contributed by atoms with van der Waals surface area (Å²) >= 11 is 0. The lowest BCUT2D eigenvalue weighted by atomic mass is 10.2. The molecule has 0 fully saturated rings. The Morgan fingerprint density at radius 3 is 2.26 bits per heavy atom. The molecule has 8 nitrogen and oxygen atoms in total. The number of imidazole rings is 1. The van der Waals surface area contributed by atoms with E-state index in [1.54, 1.807) is 62.9 Å². The second-order valence-corrected chi connectivity index (χ2v) is 7.71. The van der Waals surface area contributed by atoms with E-state index in [-0.39, 0.29) is 5.91 Å². The molecule has 0 atom stereocenters. The Morgan fingerprint density at radius 2 is 1.59 bits per heavy atom. The highest BCUT2D eigenvalue weighted by molar-refractivity contribution is 5.94. The highest BCUT2D eigenvalue weighted by Crippen LogP contribution is 2.38. The maximum Gasteiger partial charge on any atom is 0.253 e. The number of aromatic nitrogens is 4. The lowest BCUT2D eigenvalue weighted by molar-refractivity contribution is 0.0827. The van der Waals surface area contributed by atoms with Crippen molar-refractivity contribution in [3.8, 4) is 34.6 Å². The number of hydrogen-bond acceptors (Lipinski definition) is 6. The topological polar surface area (TPSA) is 93.2 Å². The zero-order valence-corrected chi connectivity index (χ0v) is 18.6. The Hall–Kier alpha value is -4.72. The molecule has 0 radical (unpaired) electrons. The van der Waals surface area contributed by atoms with Crippen LogP contribution in [0.15, 0.2) is 85.2 Å². The summed E-state index contributed by atoms with van der Waals surface area (Å²) < 4.78 is 12.2. The molecule has 0 saturated heterocycles. The number of amides is 1. The molecular weight excluding hydrogens is 430 g/mol. The summed E-state index contributed by atoms with van der Waals surface area (Å²) in [6, 6.07) is 21.6. The third-order valence-electron chi connectivity index (χ3n) is 5.04. The average molecular weight is 451 g/mol. The second kappa shape index (κ2) is 9.03. The predicted octanol–water partition coefficient (Wildman–Crippen LogP) is 5.31. The smallest absolute Gasteiger partial charge is 0.253 e. The van der Waals surface area contributed by atoms with E-state index in [1.165, 1.54) is 4.90 Å². The predicted molar refractivity (Wildman–Crippen MR) is 128 cm³/mol. The van der Waals surface area contributed by atoms with Crippen molar-refractivity contribution >= 4 is 16.9 Å². The second-order valence-electron chi connectivity index (χ2n) is 7.71. The van der Waals surface area contributed by atoms with Gasteiger partial charge in [-0.15, -0.1) is 0 Å². The van der Waals surface area contributed by atoms with Crippen LogP contribution < -0.4 is 9.47 Å². The van der Waals surface area contributed by atoms with Gasteiger partial charge in [0.1, 0.15) is 11.4 Å². The van der Waals surface area contributed by atoms with Gasteiger partial charge in [-0.25, -0.2) is 9.97 Å². The summed E-state index contributed by atoms with van der Waals surface area (Å²) in [5.41, 5.74) is 2.77. The lowest BCUT2D eigenvalue weighted by Crippen LogP contribution is -2.21. The fraction of sp³-hybridized carbons (Fsp3) is 0.0769. The van der Waals surface area contributed by atoms with Crippen molar-refractivity contribution in [3.05, 3.63) is 90.8 Å². The lowest BCUT2D eigenvalue weighted by Gasteiger charge is -2.13. The van der Waals surface area contributed by atoms with Crippen LogP contribution in [-0.4, -0.2) is 44.8 Å². The Bertz CT molecular complexity index is 1430. The quantitative estimate of drug-likeness (QED) is 0.376. The normalized spacial score (nSPS) is 10.8. The molecule has 8 heteroatoms. The molecule has 1 amide bonds. The van der Waals surface area contributed by atoms with Crippen LogP contribution in [0.3, 0.4) is 0 Å². The summed E-state index contributed by atoms with van der Waals surface area (Å²) in [7, 11) is 3.43. The van der Waals surface area contributed by atoms with Gasteiger partial charge in [-0.05, 0) is 42.5 Å². The average Bonchev–Trinajstić information content (AvgIpc) is 3.28. The van der Waals surface area contributed by atoms with E-state index in [1.807, 2.05) is 36.4 Å². The molecule has 5 aromatic rings. The molecule has 0 aliphatic carbocycles. The number of benzene rings is 2. The molecule has 34 heavy (non-hydrogen) atoms. The number of nitrogens with zero attached hydrogens (tertiary/aromatic N) is 4. The number of hydrogen-bond donors (Lipinski definition) is 1. The number of H-pyrrole nitrogens is 1. The fourth-order valence-corrected chi connectivity index (χ4v) is 3.37. The number of aromatic amines is 1. The zero-order valence-electron chi connectivity index (χ0n) is 18.6. The third-order valence-corrected chi connectivity index (χ3v) is 5.04. The van der Waals surface area contributed by atoms with E-state index in [0.717, 1.165) is 11.2 Å². The van der Waals surface area contributed by atoms with E-state index >= 15 is 0 Å². The fourth-order valence-electron chi connectivity index (χ4n) is 3.37. The first-order valence-electron chi connectivity index (χ1n) is 10.6. The number of carbonyl (C=O) groups excluding carboxylic acids is 1. The summed E-state index contributed by atoms with van der Waals surface area (Å²) in [4.78, 5) is 30.3. The minimum absolute atomic E-state index is 0.0772. The molecule has 0 aliphatic heterocycles. The van der Waals surface area contributed by atoms with Crippen LogP contribution in [0.4, 0.5) is 0 Å². The number of pyridine rings is 2. The minimum atomic E-state index is -0.0772. The van der Waals surface area contributed by atoms with Crippen molar-refractivity contribution in [2.45, 2.75) is 0 Å². The van der Waals surface area contributed by atoms with E-state index in [9.17, 15) is 4.79 Å². The van der Waals surface area contributed by atoms with Crippen LogP contribution in [0.1, 0.15) is 10.4 Å². The molecule has 0 bridgehead atoms. The molecule has 5 rings (SSSR count). The monoisotopic (exact) mass is 451 g/mol. The number of fused-ring (bicyclic) bond motifs is 1. The van der Waals surface area contributed by atoms with Crippen molar-refractivity contribution in [2.24, 2.45) is 0 Å². The third kappa shape index (κ3) is 4.42. The van der Waals surface area contributed by atoms with Crippen LogP contribution in [0.5, 0.6) is 23.1 Å². The number of ether oxygens (including phenoxy) is 2. The first kappa shape index (κ1) is 21.1. The molecule has 168 valence electrons. The van der Waals surface area contributed by atoms with E-state index in [0.29, 0.717) is 40.0 Å². The van der Waals surface area contributed by atoms with Gasteiger partial charge >= 0.3 is 0 Å². The Labute approximate surface area is 195 Å². The van der Waals surface area contributed by atoms with Crippen molar-refractivity contribution in [1.29, 1.82) is 0 Å². The van der Waals surface area contributed by atoms with Gasteiger partial charge in [0.2, 0.25) is 5.88 Å². The molecule has 3 aromatic heterocycles. The van der Waals surface area contributed by atoms with Crippen LogP contribution in [-0.2, 0) is 0 Å². The molecule has 1 N–H and O–H groups in total. The molecule has 0 saturated carbocycles. The Kier molecular flexibility index (Phi) is 5.61. The van der Waals surface area contributed by atoms with Crippen molar-refractivity contribution in [1.82, 2.24) is 24.8 Å². The van der Waals surface area contributed by atoms with Gasteiger partial charge in [-0.1, -0.05) is 12.1 Å². The number of carbonyl (C=O) groups is 1. The number of nitrogens with one attached hydrogen (secondary N) is 1. The largest absolute Gasteiger partial charge is 0.453 e. The van der Waals surface area contributed by atoms with Crippen LogP contribution >= 0.6 is 0 Å². The Morgan fingerprint density at radius 1 is 0.853 bits per heavy atom. The minimum Gasteiger partial charge on any atom is -0.453 e. The zero-order chi connectivity index (χ0) is 23.5. The van der Waals surface area contributed by atoms with Gasteiger partial charge in [0.25, 0.3) is 5.91 Å². The van der Waals surface area contributed by atoms with Gasteiger partial charge in [0, 0.05) is 50.3 Å². The SMILES string of the molecule is CN(C)C(=O)c1ccc(Oc2cc3[nH]c(-c4ccccn4)nc3cc2Oc2ccccn2)cc1. The summed E-state index contributed by atoms with van der Waals surface area (Å²) in [5.74, 6) is 2.48.